The van der Waals surface area contributed by atoms with Gasteiger partial charge in [-0.05, 0) is 31.4 Å². The van der Waals surface area contributed by atoms with Gasteiger partial charge >= 0.3 is 0 Å². The van der Waals surface area contributed by atoms with Gasteiger partial charge in [-0.1, -0.05) is 17.7 Å². The van der Waals surface area contributed by atoms with E-state index in [0.29, 0.717) is 12.5 Å². The van der Waals surface area contributed by atoms with E-state index >= 15 is 0 Å². The Morgan fingerprint density at radius 1 is 1.18 bits per heavy atom. The molecule has 0 atom stereocenters. The van der Waals surface area contributed by atoms with Crippen molar-refractivity contribution in [3.8, 4) is 5.82 Å². The summed E-state index contributed by atoms with van der Waals surface area (Å²) in [4.78, 5) is 31.9. The number of nitrogens with one attached hydrogen (secondary N) is 1. The van der Waals surface area contributed by atoms with Crippen LogP contribution in [0.25, 0.3) is 5.82 Å². The number of nitrogens with zero attached hydrogens (tertiary/aromatic N) is 6. The standard InChI is InChI=1S/C19H20ClN7O/c1-13-21-6-9-27(13)16-5-4-14(10-22-16)11-23-18(28)17-15(20)12-24-19(25-17)26-7-2-3-8-26/h4-6,9-10,12H,2-3,7-8,11H2,1H3,(H,23,28). The van der Waals surface area contributed by atoms with E-state index in [1.807, 2.05) is 29.8 Å². The summed E-state index contributed by atoms with van der Waals surface area (Å²) in [5.41, 5.74) is 1.07. The molecular formula is C19H20ClN7O. The van der Waals surface area contributed by atoms with Gasteiger partial charge in [0.05, 0.1) is 11.2 Å². The van der Waals surface area contributed by atoms with Crippen LogP contribution in [0.3, 0.4) is 0 Å². The van der Waals surface area contributed by atoms with E-state index in [0.717, 1.165) is 43.1 Å². The number of aryl methyl sites for hydroxylation is 1. The fourth-order valence-electron chi connectivity index (χ4n) is 3.14. The number of hydrogen-bond donors (Lipinski definition) is 1. The molecule has 0 aliphatic carbocycles. The van der Waals surface area contributed by atoms with Gasteiger partial charge in [-0.15, -0.1) is 0 Å². The molecule has 0 aromatic carbocycles. The van der Waals surface area contributed by atoms with Crippen molar-refractivity contribution in [1.29, 1.82) is 0 Å². The van der Waals surface area contributed by atoms with E-state index < -0.39 is 0 Å². The van der Waals surface area contributed by atoms with E-state index in [9.17, 15) is 4.79 Å². The lowest BCUT2D eigenvalue weighted by Crippen LogP contribution is -2.27. The maximum absolute atomic E-state index is 12.6. The third-order valence-electron chi connectivity index (χ3n) is 4.67. The lowest BCUT2D eigenvalue weighted by molar-refractivity contribution is 0.0946. The SMILES string of the molecule is Cc1nccn1-c1ccc(CNC(=O)c2nc(N3CCCC3)ncc2Cl)cn1. The zero-order chi connectivity index (χ0) is 19.5. The van der Waals surface area contributed by atoms with E-state index in [1.165, 1.54) is 6.20 Å². The molecule has 4 rings (SSSR count). The van der Waals surface area contributed by atoms with Gasteiger partial charge in [0.15, 0.2) is 5.69 Å². The van der Waals surface area contributed by atoms with Crippen molar-refractivity contribution in [2.75, 3.05) is 18.0 Å². The van der Waals surface area contributed by atoms with Crippen LogP contribution in [0.2, 0.25) is 5.02 Å². The second-order valence-electron chi connectivity index (χ2n) is 6.61. The van der Waals surface area contributed by atoms with Crippen molar-refractivity contribution in [2.24, 2.45) is 0 Å². The Morgan fingerprint density at radius 2 is 2.00 bits per heavy atom. The van der Waals surface area contributed by atoms with E-state index in [4.69, 9.17) is 11.6 Å². The molecule has 1 N–H and O–H groups in total. The lowest BCUT2D eigenvalue weighted by atomic mass is 10.2. The molecule has 28 heavy (non-hydrogen) atoms. The summed E-state index contributed by atoms with van der Waals surface area (Å²) in [5.74, 6) is 1.86. The van der Waals surface area contributed by atoms with E-state index in [2.05, 4.69) is 30.2 Å². The molecule has 0 bridgehead atoms. The van der Waals surface area contributed by atoms with Gasteiger partial charge in [-0.25, -0.2) is 19.9 Å². The summed E-state index contributed by atoms with van der Waals surface area (Å²) in [5, 5.41) is 3.09. The minimum Gasteiger partial charge on any atom is -0.347 e. The van der Waals surface area contributed by atoms with Gasteiger partial charge in [0.1, 0.15) is 11.6 Å². The first-order chi connectivity index (χ1) is 13.6. The number of hydrogen-bond acceptors (Lipinski definition) is 6. The second kappa shape index (κ2) is 7.93. The number of pyridine rings is 1. The average Bonchev–Trinajstić information content (AvgIpc) is 3.39. The van der Waals surface area contributed by atoms with E-state index in [-0.39, 0.29) is 16.6 Å². The summed E-state index contributed by atoms with van der Waals surface area (Å²) < 4.78 is 1.89. The highest BCUT2D eigenvalue weighted by Crippen LogP contribution is 2.20. The molecule has 4 heterocycles. The van der Waals surface area contributed by atoms with Crippen LogP contribution in [0.1, 0.15) is 34.7 Å². The summed E-state index contributed by atoms with van der Waals surface area (Å²) in [6.45, 7) is 4.04. The Bertz CT molecular complexity index is 980. The van der Waals surface area contributed by atoms with Crippen molar-refractivity contribution >= 4 is 23.5 Å². The first kappa shape index (κ1) is 18.4. The lowest BCUT2D eigenvalue weighted by Gasteiger charge is -2.16. The third-order valence-corrected chi connectivity index (χ3v) is 4.95. The van der Waals surface area contributed by atoms with Gasteiger partial charge in [0, 0.05) is 38.2 Å². The summed E-state index contributed by atoms with van der Waals surface area (Å²) in [6.07, 6.45) is 9.01. The maximum Gasteiger partial charge on any atom is 0.271 e. The first-order valence-corrected chi connectivity index (χ1v) is 9.50. The van der Waals surface area contributed by atoms with Crippen LogP contribution in [0.15, 0.2) is 36.9 Å². The molecule has 0 unspecified atom stereocenters. The predicted octanol–water partition coefficient (Wildman–Crippen LogP) is 2.55. The molecule has 1 amide bonds. The van der Waals surface area contributed by atoms with Crippen LogP contribution >= 0.6 is 11.6 Å². The number of rotatable bonds is 5. The highest BCUT2D eigenvalue weighted by molar-refractivity contribution is 6.33. The van der Waals surface area contributed by atoms with Crippen molar-refractivity contribution in [2.45, 2.75) is 26.3 Å². The third kappa shape index (κ3) is 3.82. The van der Waals surface area contributed by atoms with E-state index in [1.54, 1.807) is 12.4 Å². The molecule has 0 radical (unpaired) electrons. The Balaban J connectivity index is 1.43. The largest absolute Gasteiger partial charge is 0.347 e. The zero-order valence-corrected chi connectivity index (χ0v) is 16.2. The predicted molar refractivity (Wildman–Crippen MR) is 106 cm³/mol. The van der Waals surface area contributed by atoms with Crippen LogP contribution in [-0.2, 0) is 6.54 Å². The van der Waals surface area contributed by atoms with Gasteiger partial charge in [0.2, 0.25) is 5.95 Å². The number of anilines is 1. The Morgan fingerprint density at radius 3 is 2.68 bits per heavy atom. The minimum atomic E-state index is -0.331. The molecule has 1 fully saturated rings. The number of halogens is 1. The van der Waals surface area contributed by atoms with Crippen molar-refractivity contribution in [1.82, 2.24) is 29.8 Å². The van der Waals surface area contributed by atoms with Gasteiger partial charge in [0.25, 0.3) is 5.91 Å². The Kier molecular flexibility index (Phi) is 5.21. The highest BCUT2D eigenvalue weighted by atomic mass is 35.5. The topological polar surface area (TPSA) is 88.8 Å². The number of imidazole rings is 1. The second-order valence-corrected chi connectivity index (χ2v) is 7.02. The fraction of sp³-hybridized carbons (Fsp3) is 0.316. The Hall–Kier alpha value is -3.00. The molecule has 1 aliphatic heterocycles. The fourth-order valence-corrected chi connectivity index (χ4v) is 3.31. The van der Waals surface area contributed by atoms with Crippen LogP contribution in [0.5, 0.6) is 0 Å². The number of amides is 1. The smallest absolute Gasteiger partial charge is 0.271 e. The van der Waals surface area contributed by atoms with Crippen LogP contribution < -0.4 is 10.2 Å². The van der Waals surface area contributed by atoms with Crippen LogP contribution in [0, 0.1) is 6.92 Å². The molecule has 1 saturated heterocycles. The summed E-state index contributed by atoms with van der Waals surface area (Å²) in [6, 6.07) is 3.80. The monoisotopic (exact) mass is 397 g/mol. The van der Waals surface area contributed by atoms with Crippen LogP contribution in [-0.4, -0.2) is 43.5 Å². The quantitative estimate of drug-likeness (QED) is 0.711. The average molecular weight is 398 g/mol. The number of carbonyl (C=O) groups excluding carboxylic acids is 1. The summed E-state index contributed by atoms with van der Waals surface area (Å²) in [7, 11) is 0. The first-order valence-electron chi connectivity index (χ1n) is 9.13. The molecule has 8 nitrogen and oxygen atoms in total. The normalized spacial score (nSPS) is 13.7. The highest BCUT2D eigenvalue weighted by Gasteiger charge is 2.19. The van der Waals surface area contributed by atoms with Crippen molar-refractivity contribution in [3.05, 3.63) is 59.0 Å². The molecule has 1 aliphatic rings. The van der Waals surface area contributed by atoms with Gasteiger partial charge < -0.3 is 10.2 Å². The number of carbonyl (C=O) groups is 1. The van der Waals surface area contributed by atoms with Crippen LogP contribution in [0.4, 0.5) is 5.95 Å². The molecule has 3 aromatic heterocycles. The molecule has 144 valence electrons. The molecule has 0 saturated carbocycles. The zero-order valence-electron chi connectivity index (χ0n) is 15.5. The molecule has 0 spiro atoms. The van der Waals surface area contributed by atoms with Crippen molar-refractivity contribution < 1.29 is 4.79 Å². The number of aromatic nitrogens is 5. The summed E-state index contributed by atoms with van der Waals surface area (Å²) >= 11 is 6.15. The molecule has 3 aromatic rings. The molecular weight excluding hydrogens is 378 g/mol. The van der Waals surface area contributed by atoms with Gasteiger partial charge in [-0.2, -0.15) is 0 Å². The Labute approximate surface area is 167 Å². The molecule has 9 heteroatoms. The maximum atomic E-state index is 12.6. The van der Waals surface area contributed by atoms with Crippen molar-refractivity contribution in [3.63, 3.8) is 0 Å². The van der Waals surface area contributed by atoms with Gasteiger partial charge in [-0.3, -0.25) is 9.36 Å². The minimum absolute atomic E-state index is 0.192.